The fraction of sp³-hybridized carbons (Fsp3) is 0.304. The van der Waals surface area contributed by atoms with Crippen molar-refractivity contribution in [2.24, 2.45) is 15.9 Å². The van der Waals surface area contributed by atoms with Gasteiger partial charge < -0.3 is 0 Å². The first-order valence-electron chi connectivity index (χ1n) is 8.70. The number of rotatable bonds is 5. The van der Waals surface area contributed by atoms with Crippen LogP contribution < -0.4 is 0 Å². The Labute approximate surface area is 152 Å². The summed E-state index contributed by atoms with van der Waals surface area (Å²) in [6.07, 6.45) is 1.93. The van der Waals surface area contributed by atoms with Crippen molar-refractivity contribution in [3.8, 4) is 0 Å². The number of allylic oxidation sites excluding steroid dienone is 1. The van der Waals surface area contributed by atoms with Gasteiger partial charge in [0, 0.05) is 11.4 Å². The average Bonchev–Trinajstić information content (AvgIpc) is 2.55. The fourth-order valence-electron chi connectivity index (χ4n) is 3.10. The van der Waals surface area contributed by atoms with E-state index in [4.69, 9.17) is 9.98 Å². The third-order valence-corrected chi connectivity index (χ3v) is 4.59. The van der Waals surface area contributed by atoms with E-state index in [2.05, 4.69) is 84.5 Å². The molecule has 2 rings (SSSR count). The van der Waals surface area contributed by atoms with Gasteiger partial charge in [0.2, 0.25) is 0 Å². The lowest BCUT2D eigenvalue weighted by Gasteiger charge is -2.15. The number of nitrogens with zero attached hydrogens (tertiary/aromatic N) is 2. The summed E-state index contributed by atoms with van der Waals surface area (Å²) >= 11 is 0. The van der Waals surface area contributed by atoms with Crippen LogP contribution in [0.1, 0.15) is 36.1 Å². The molecule has 0 aromatic heterocycles. The first-order valence-corrected chi connectivity index (χ1v) is 8.70. The van der Waals surface area contributed by atoms with Crippen molar-refractivity contribution in [1.82, 2.24) is 0 Å². The first kappa shape index (κ1) is 18.9. The number of para-hydroxylation sites is 2. The van der Waals surface area contributed by atoms with E-state index in [1.807, 2.05) is 6.08 Å². The van der Waals surface area contributed by atoms with Crippen LogP contribution >= 0.6 is 0 Å². The van der Waals surface area contributed by atoms with Crippen LogP contribution in [0.2, 0.25) is 0 Å². The van der Waals surface area contributed by atoms with Gasteiger partial charge in [-0.05, 0) is 63.8 Å². The number of hydrogen-bond donors (Lipinski definition) is 0. The Balaban J connectivity index is 2.43. The molecule has 0 spiro atoms. The van der Waals surface area contributed by atoms with Gasteiger partial charge in [0.15, 0.2) is 0 Å². The molecule has 0 N–H and O–H groups in total. The minimum absolute atomic E-state index is 0.0259. The van der Waals surface area contributed by atoms with E-state index in [1.54, 1.807) is 0 Å². The third kappa shape index (κ3) is 4.33. The van der Waals surface area contributed by atoms with Crippen LogP contribution in [-0.4, -0.2) is 11.4 Å². The molecule has 0 radical (unpaired) electrons. The zero-order valence-electron chi connectivity index (χ0n) is 16.2. The predicted octanol–water partition coefficient (Wildman–Crippen LogP) is 6.61. The van der Waals surface area contributed by atoms with E-state index >= 15 is 0 Å². The highest BCUT2D eigenvalue weighted by atomic mass is 14.8. The average molecular weight is 332 g/mol. The van der Waals surface area contributed by atoms with Crippen LogP contribution in [0.15, 0.2) is 59.0 Å². The van der Waals surface area contributed by atoms with Gasteiger partial charge in [-0.1, -0.05) is 42.5 Å². The molecule has 0 bridgehead atoms. The molecule has 0 saturated carbocycles. The summed E-state index contributed by atoms with van der Waals surface area (Å²) < 4.78 is 0. The molecule has 0 atom stereocenters. The normalized spacial score (nSPS) is 13.7. The van der Waals surface area contributed by atoms with Crippen molar-refractivity contribution in [3.63, 3.8) is 0 Å². The van der Waals surface area contributed by atoms with E-state index < -0.39 is 0 Å². The monoisotopic (exact) mass is 332 g/mol. The van der Waals surface area contributed by atoms with Crippen molar-refractivity contribution in [2.75, 3.05) is 0 Å². The highest BCUT2D eigenvalue weighted by molar-refractivity contribution is 6.08. The van der Waals surface area contributed by atoms with E-state index in [0.717, 1.165) is 22.8 Å². The van der Waals surface area contributed by atoms with Crippen LogP contribution in [0.3, 0.4) is 0 Å². The third-order valence-electron chi connectivity index (χ3n) is 4.59. The van der Waals surface area contributed by atoms with Crippen molar-refractivity contribution >= 4 is 22.8 Å². The molecule has 2 heteroatoms. The molecule has 0 amide bonds. The number of benzene rings is 2. The summed E-state index contributed by atoms with van der Waals surface area (Å²) in [5.74, 6) is 0.0259. The van der Waals surface area contributed by atoms with E-state index in [-0.39, 0.29) is 5.92 Å². The molecule has 2 aromatic carbocycles. The Kier molecular flexibility index (Phi) is 6.08. The Bertz CT molecular complexity index is 733. The van der Waals surface area contributed by atoms with Gasteiger partial charge in [0.1, 0.15) is 0 Å². The Hall–Kier alpha value is -2.48. The smallest absolute Gasteiger partial charge is 0.0687 e. The second-order valence-corrected chi connectivity index (χ2v) is 6.70. The number of hydrogen-bond acceptors (Lipinski definition) is 2. The first-order chi connectivity index (χ1) is 11.8. The van der Waals surface area contributed by atoms with Crippen LogP contribution in [0, 0.1) is 33.6 Å². The quantitative estimate of drug-likeness (QED) is 0.435. The summed E-state index contributed by atoms with van der Waals surface area (Å²) in [6, 6.07) is 12.5. The van der Waals surface area contributed by atoms with Crippen molar-refractivity contribution < 1.29 is 0 Å². The van der Waals surface area contributed by atoms with Gasteiger partial charge in [-0.2, -0.15) is 0 Å². The van der Waals surface area contributed by atoms with Crippen molar-refractivity contribution in [3.05, 3.63) is 71.3 Å². The Morgan fingerprint density at radius 2 is 1.08 bits per heavy atom. The molecule has 0 saturated heterocycles. The lowest BCUT2D eigenvalue weighted by molar-refractivity contribution is 1.15. The van der Waals surface area contributed by atoms with Crippen LogP contribution in [0.4, 0.5) is 11.4 Å². The highest BCUT2D eigenvalue weighted by Gasteiger charge is 2.14. The molecule has 2 nitrogen and oxygen atoms in total. The number of aryl methyl sites for hydroxylation is 4. The molecule has 130 valence electrons. The largest absolute Gasteiger partial charge is 0.257 e. The maximum Gasteiger partial charge on any atom is 0.0687 e. The summed E-state index contributed by atoms with van der Waals surface area (Å²) in [4.78, 5) is 9.80. The van der Waals surface area contributed by atoms with Crippen LogP contribution in [0.5, 0.6) is 0 Å². The van der Waals surface area contributed by atoms with Gasteiger partial charge in [-0.3, -0.25) is 9.98 Å². The Morgan fingerprint density at radius 1 is 0.760 bits per heavy atom. The maximum atomic E-state index is 4.90. The van der Waals surface area contributed by atoms with Crippen LogP contribution in [-0.2, 0) is 0 Å². The minimum atomic E-state index is 0.0259. The summed E-state index contributed by atoms with van der Waals surface area (Å²) in [5.41, 5.74) is 8.87. The minimum Gasteiger partial charge on any atom is -0.257 e. The highest BCUT2D eigenvalue weighted by Crippen LogP contribution is 2.27. The van der Waals surface area contributed by atoms with Gasteiger partial charge in [0.05, 0.1) is 17.3 Å². The van der Waals surface area contributed by atoms with Gasteiger partial charge in [-0.15, -0.1) is 6.58 Å². The summed E-state index contributed by atoms with van der Waals surface area (Å²) in [6.45, 7) is 16.5. The topological polar surface area (TPSA) is 24.7 Å². The SMILES string of the molecule is C=CC(C(C)=Nc1c(C)cccc1C)C(C)=Nc1c(C)cccc1C. The fourth-order valence-corrected chi connectivity index (χ4v) is 3.10. The molecule has 0 fully saturated rings. The van der Waals surface area contributed by atoms with Gasteiger partial charge in [-0.25, -0.2) is 0 Å². The van der Waals surface area contributed by atoms with Crippen molar-refractivity contribution in [1.29, 1.82) is 0 Å². The molecular formula is C23H28N2. The second kappa shape index (κ2) is 8.06. The Morgan fingerprint density at radius 3 is 1.36 bits per heavy atom. The van der Waals surface area contributed by atoms with Gasteiger partial charge >= 0.3 is 0 Å². The van der Waals surface area contributed by atoms with Gasteiger partial charge in [0.25, 0.3) is 0 Å². The van der Waals surface area contributed by atoms with Crippen LogP contribution in [0.25, 0.3) is 0 Å². The lowest BCUT2D eigenvalue weighted by Crippen LogP contribution is -2.17. The second-order valence-electron chi connectivity index (χ2n) is 6.70. The summed E-state index contributed by atoms with van der Waals surface area (Å²) in [7, 11) is 0. The van der Waals surface area contributed by atoms with E-state index in [9.17, 15) is 0 Å². The van der Waals surface area contributed by atoms with Crippen molar-refractivity contribution in [2.45, 2.75) is 41.5 Å². The van der Waals surface area contributed by atoms with E-state index in [0.29, 0.717) is 0 Å². The molecule has 0 aliphatic carbocycles. The maximum absolute atomic E-state index is 4.90. The molecular weight excluding hydrogens is 304 g/mol. The molecule has 0 aliphatic heterocycles. The number of aliphatic imine (C=N–C) groups is 2. The molecule has 25 heavy (non-hydrogen) atoms. The lowest BCUT2D eigenvalue weighted by atomic mass is 9.98. The zero-order chi connectivity index (χ0) is 18.6. The molecule has 2 aromatic rings. The molecule has 0 heterocycles. The zero-order valence-corrected chi connectivity index (χ0v) is 16.2. The van der Waals surface area contributed by atoms with E-state index in [1.165, 1.54) is 22.3 Å². The predicted molar refractivity (Wildman–Crippen MR) is 111 cm³/mol. The molecule has 0 aliphatic rings. The summed E-state index contributed by atoms with van der Waals surface area (Å²) in [5, 5.41) is 0. The molecule has 0 unspecified atom stereocenters. The standard InChI is InChI=1S/C23H28N2/c1-8-21(19(6)24-22-15(2)11-9-12-16(22)3)20(7)25-23-17(4)13-10-14-18(23)5/h8-14,21H,1H2,2-7H3.